The maximum absolute atomic E-state index is 11.6. The summed E-state index contributed by atoms with van der Waals surface area (Å²) in [5, 5.41) is 3.33. The van der Waals surface area contributed by atoms with Crippen molar-refractivity contribution in [2.24, 2.45) is 5.92 Å². The van der Waals surface area contributed by atoms with E-state index in [1.807, 2.05) is 0 Å². The van der Waals surface area contributed by atoms with Crippen LogP contribution in [0, 0.1) is 5.92 Å². The summed E-state index contributed by atoms with van der Waals surface area (Å²) in [7, 11) is 1.74. The summed E-state index contributed by atoms with van der Waals surface area (Å²) in [5.74, 6) is 1.39. The standard InChI is InChI=1S/C13H16ClNO2/c1-15-7-12(16)10-4-5-13(11(14)6-10)17-8-9-2-3-9/h4-6,9,15H,2-3,7-8H2,1H3. The SMILES string of the molecule is CNCC(=O)c1ccc(OCC2CC2)c(Cl)c1. The Bertz CT molecular complexity index is 416. The first-order valence-electron chi connectivity index (χ1n) is 5.81. The van der Waals surface area contributed by atoms with Crippen molar-refractivity contribution in [3.63, 3.8) is 0 Å². The van der Waals surface area contributed by atoms with Crippen LogP contribution in [0.1, 0.15) is 23.2 Å². The minimum atomic E-state index is 0.0307. The zero-order valence-electron chi connectivity index (χ0n) is 9.83. The van der Waals surface area contributed by atoms with Gasteiger partial charge >= 0.3 is 0 Å². The molecule has 92 valence electrons. The molecule has 1 aromatic rings. The van der Waals surface area contributed by atoms with Crippen molar-refractivity contribution < 1.29 is 9.53 Å². The van der Waals surface area contributed by atoms with Crippen LogP contribution in [0.25, 0.3) is 0 Å². The van der Waals surface area contributed by atoms with Crippen LogP contribution in [0.3, 0.4) is 0 Å². The highest BCUT2D eigenvalue weighted by Crippen LogP contribution is 2.32. The number of hydrogen-bond donors (Lipinski definition) is 1. The summed E-state index contributed by atoms with van der Waals surface area (Å²) in [6, 6.07) is 5.20. The van der Waals surface area contributed by atoms with E-state index in [0.717, 1.165) is 6.61 Å². The lowest BCUT2D eigenvalue weighted by atomic mass is 10.1. The molecule has 0 aliphatic heterocycles. The van der Waals surface area contributed by atoms with Gasteiger partial charge in [0.15, 0.2) is 5.78 Å². The Morgan fingerprint density at radius 1 is 1.53 bits per heavy atom. The van der Waals surface area contributed by atoms with Crippen LogP contribution in [-0.2, 0) is 0 Å². The Hall–Kier alpha value is -1.06. The van der Waals surface area contributed by atoms with Gasteiger partial charge in [0, 0.05) is 5.56 Å². The number of ketones is 1. The van der Waals surface area contributed by atoms with Crippen LogP contribution in [0.4, 0.5) is 0 Å². The van der Waals surface area contributed by atoms with Crippen LogP contribution in [0.5, 0.6) is 5.75 Å². The Labute approximate surface area is 106 Å². The third-order valence-electron chi connectivity index (χ3n) is 2.76. The number of rotatable bonds is 6. The van der Waals surface area contributed by atoms with Crippen molar-refractivity contribution in [3.8, 4) is 5.75 Å². The molecule has 0 aromatic heterocycles. The van der Waals surface area contributed by atoms with Gasteiger partial charge in [0.25, 0.3) is 0 Å². The van der Waals surface area contributed by atoms with Crippen molar-refractivity contribution in [2.75, 3.05) is 20.2 Å². The predicted molar refractivity (Wildman–Crippen MR) is 67.9 cm³/mol. The van der Waals surface area contributed by atoms with E-state index in [9.17, 15) is 4.79 Å². The van der Waals surface area contributed by atoms with Gasteiger partial charge in [0.1, 0.15) is 5.75 Å². The first kappa shape index (κ1) is 12.4. The van der Waals surface area contributed by atoms with Gasteiger partial charge in [-0.2, -0.15) is 0 Å². The first-order valence-corrected chi connectivity index (χ1v) is 6.18. The molecular weight excluding hydrogens is 238 g/mol. The molecule has 0 unspecified atom stereocenters. The zero-order chi connectivity index (χ0) is 12.3. The molecule has 0 atom stereocenters. The Morgan fingerprint density at radius 3 is 2.88 bits per heavy atom. The number of carbonyl (C=O) groups is 1. The van der Waals surface area contributed by atoms with Crippen LogP contribution >= 0.6 is 11.6 Å². The molecule has 3 nitrogen and oxygen atoms in total. The van der Waals surface area contributed by atoms with E-state index in [0.29, 0.717) is 28.8 Å². The van der Waals surface area contributed by atoms with Crippen molar-refractivity contribution in [3.05, 3.63) is 28.8 Å². The van der Waals surface area contributed by atoms with Gasteiger partial charge in [-0.25, -0.2) is 0 Å². The predicted octanol–water partition coefficient (Wildman–Crippen LogP) is 2.53. The lowest BCUT2D eigenvalue weighted by Gasteiger charge is -2.08. The summed E-state index contributed by atoms with van der Waals surface area (Å²) in [6.07, 6.45) is 2.49. The van der Waals surface area contributed by atoms with Crippen LogP contribution in [0.2, 0.25) is 5.02 Å². The molecule has 0 radical (unpaired) electrons. The van der Waals surface area contributed by atoms with Gasteiger partial charge in [-0.1, -0.05) is 11.6 Å². The maximum atomic E-state index is 11.6. The highest BCUT2D eigenvalue weighted by atomic mass is 35.5. The molecule has 17 heavy (non-hydrogen) atoms. The maximum Gasteiger partial charge on any atom is 0.176 e. The van der Waals surface area contributed by atoms with E-state index in [1.54, 1.807) is 25.2 Å². The van der Waals surface area contributed by atoms with E-state index >= 15 is 0 Å². The summed E-state index contributed by atoms with van der Waals surface area (Å²) in [5.41, 5.74) is 0.614. The summed E-state index contributed by atoms with van der Waals surface area (Å²) >= 11 is 6.08. The highest BCUT2D eigenvalue weighted by molar-refractivity contribution is 6.32. The fraction of sp³-hybridized carbons (Fsp3) is 0.462. The van der Waals surface area contributed by atoms with Crippen LogP contribution < -0.4 is 10.1 Å². The molecule has 4 heteroatoms. The second-order valence-corrected chi connectivity index (χ2v) is 4.76. The number of halogens is 1. The molecule has 1 aromatic carbocycles. The average Bonchev–Trinajstić information content (AvgIpc) is 3.11. The second kappa shape index (κ2) is 5.52. The number of carbonyl (C=O) groups excluding carboxylic acids is 1. The van der Waals surface area contributed by atoms with Gasteiger partial charge in [0.05, 0.1) is 18.2 Å². The largest absolute Gasteiger partial charge is 0.492 e. The number of Topliss-reactive ketones (excluding diaryl/α,β-unsaturated/α-hetero) is 1. The smallest absolute Gasteiger partial charge is 0.176 e. The van der Waals surface area contributed by atoms with E-state index < -0.39 is 0 Å². The van der Waals surface area contributed by atoms with E-state index in [4.69, 9.17) is 16.3 Å². The second-order valence-electron chi connectivity index (χ2n) is 4.35. The molecule has 1 fully saturated rings. The molecule has 0 amide bonds. The normalized spacial score (nSPS) is 14.7. The van der Waals surface area contributed by atoms with Gasteiger partial charge in [-0.3, -0.25) is 4.79 Å². The van der Waals surface area contributed by atoms with E-state index in [1.165, 1.54) is 12.8 Å². The number of ether oxygens (including phenoxy) is 1. The molecule has 1 aliphatic carbocycles. The third-order valence-corrected chi connectivity index (χ3v) is 3.06. The summed E-state index contributed by atoms with van der Waals surface area (Å²) < 4.78 is 5.60. The molecule has 1 saturated carbocycles. The minimum absolute atomic E-state index is 0.0307. The lowest BCUT2D eigenvalue weighted by Crippen LogP contribution is -2.18. The summed E-state index contributed by atoms with van der Waals surface area (Å²) in [6.45, 7) is 1.04. The Morgan fingerprint density at radius 2 is 2.29 bits per heavy atom. The fourth-order valence-electron chi connectivity index (χ4n) is 1.55. The molecule has 1 N–H and O–H groups in total. The van der Waals surface area contributed by atoms with Gasteiger partial charge in [0.2, 0.25) is 0 Å². The topological polar surface area (TPSA) is 38.3 Å². The molecule has 1 aliphatic rings. The van der Waals surface area contributed by atoms with Crippen molar-refractivity contribution in [1.82, 2.24) is 5.32 Å². The summed E-state index contributed by atoms with van der Waals surface area (Å²) in [4.78, 5) is 11.6. The molecule has 0 saturated heterocycles. The molecule has 0 spiro atoms. The van der Waals surface area contributed by atoms with Crippen molar-refractivity contribution >= 4 is 17.4 Å². The van der Waals surface area contributed by atoms with Crippen molar-refractivity contribution in [1.29, 1.82) is 0 Å². The number of hydrogen-bond acceptors (Lipinski definition) is 3. The van der Waals surface area contributed by atoms with Crippen LogP contribution in [-0.4, -0.2) is 26.0 Å². The average molecular weight is 254 g/mol. The molecular formula is C13H16ClNO2. The molecule has 2 rings (SSSR count). The molecule has 0 bridgehead atoms. The van der Waals surface area contributed by atoms with Crippen molar-refractivity contribution in [2.45, 2.75) is 12.8 Å². The highest BCUT2D eigenvalue weighted by Gasteiger charge is 2.22. The number of likely N-dealkylation sites (N-methyl/N-ethyl adjacent to an activating group) is 1. The van der Waals surface area contributed by atoms with Gasteiger partial charge in [-0.15, -0.1) is 0 Å². The third kappa shape index (κ3) is 3.45. The zero-order valence-corrected chi connectivity index (χ0v) is 10.6. The fourth-order valence-corrected chi connectivity index (χ4v) is 1.78. The van der Waals surface area contributed by atoms with Crippen LogP contribution in [0.15, 0.2) is 18.2 Å². The van der Waals surface area contributed by atoms with Gasteiger partial charge in [-0.05, 0) is 44.0 Å². The quantitative estimate of drug-likeness (QED) is 0.792. The molecule has 0 heterocycles. The van der Waals surface area contributed by atoms with E-state index in [-0.39, 0.29) is 5.78 Å². The van der Waals surface area contributed by atoms with E-state index in [2.05, 4.69) is 5.32 Å². The monoisotopic (exact) mass is 253 g/mol. The number of nitrogens with one attached hydrogen (secondary N) is 1. The number of benzene rings is 1. The Kier molecular flexibility index (Phi) is 4.02. The minimum Gasteiger partial charge on any atom is -0.492 e. The Balaban J connectivity index is 2.01. The lowest BCUT2D eigenvalue weighted by molar-refractivity contribution is 0.0993. The van der Waals surface area contributed by atoms with Gasteiger partial charge < -0.3 is 10.1 Å². The first-order chi connectivity index (χ1) is 8.20.